The Morgan fingerprint density at radius 3 is 2.68 bits per heavy atom. The third kappa shape index (κ3) is 5.69. The highest BCUT2D eigenvalue weighted by atomic mass is 127. The van der Waals surface area contributed by atoms with E-state index < -0.39 is 5.91 Å². The zero-order valence-corrected chi connectivity index (χ0v) is 20.8. The van der Waals surface area contributed by atoms with E-state index in [-0.39, 0.29) is 18.4 Å². The van der Waals surface area contributed by atoms with Crippen molar-refractivity contribution < 1.29 is 19.1 Å². The lowest BCUT2D eigenvalue weighted by Crippen LogP contribution is -2.28. The highest BCUT2D eigenvalue weighted by Gasteiger charge is 2.34. The Hall–Kier alpha value is -1.86. The number of amides is 2. The summed E-state index contributed by atoms with van der Waals surface area (Å²) in [6.07, 6.45) is 6.88. The lowest BCUT2D eigenvalue weighted by Gasteiger charge is -2.15. The van der Waals surface area contributed by atoms with Crippen LogP contribution in [0.15, 0.2) is 35.2 Å². The van der Waals surface area contributed by atoms with E-state index in [1.54, 1.807) is 30.3 Å². The quantitative estimate of drug-likeness (QED) is 0.218. The number of hydrogen-bond donors (Lipinski definition) is 0. The number of terminal acetylenes is 1. The van der Waals surface area contributed by atoms with E-state index in [0.29, 0.717) is 38.6 Å². The predicted molar refractivity (Wildman–Crippen MR) is 133 cm³/mol. The topological polar surface area (TPSA) is 55.8 Å². The fourth-order valence-electron chi connectivity index (χ4n) is 2.74. The average molecular weight is 588 g/mol. The van der Waals surface area contributed by atoms with Crippen LogP contribution in [0, 0.1) is 15.9 Å². The Kier molecular flexibility index (Phi) is 8.17. The second-order valence-electron chi connectivity index (χ2n) is 6.26. The number of imide groups is 1. The fourth-order valence-corrected chi connectivity index (χ4v) is 4.82. The highest BCUT2D eigenvalue weighted by Crippen LogP contribution is 2.38. The van der Waals surface area contributed by atoms with Gasteiger partial charge in [0, 0.05) is 15.6 Å². The van der Waals surface area contributed by atoms with Crippen LogP contribution >= 0.6 is 57.6 Å². The van der Waals surface area contributed by atoms with Gasteiger partial charge in [-0.25, -0.2) is 0 Å². The maximum atomic E-state index is 12.4. The second kappa shape index (κ2) is 10.6. The third-order valence-electron chi connectivity index (χ3n) is 4.14. The number of hydrogen-bond acceptors (Lipinski definition) is 5. The van der Waals surface area contributed by atoms with Gasteiger partial charge < -0.3 is 9.47 Å². The molecule has 0 spiro atoms. The van der Waals surface area contributed by atoms with Gasteiger partial charge in [-0.15, -0.1) is 6.42 Å². The molecule has 0 bridgehead atoms. The molecule has 160 valence electrons. The number of carbonyl (C=O) groups is 2. The van der Waals surface area contributed by atoms with Crippen LogP contribution in [-0.2, 0) is 11.4 Å². The summed E-state index contributed by atoms with van der Waals surface area (Å²) in [4.78, 5) is 25.8. The first kappa shape index (κ1) is 23.8. The summed E-state index contributed by atoms with van der Waals surface area (Å²) in [6.45, 7) is 2.47. The van der Waals surface area contributed by atoms with E-state index in [1.807, 2.05) is 13.0 Å². The fraction of sp³-hybridized carbons (Fsp3) is 0.182. The molecule has 0 N–H and O–H groups in total. The molecule has 1 aliphatic rings. The minimum absolute atomic E-state index is 0.0518. The Morgan fingerprint density at radius 1 is 1.23 bits per heavy atom. The van der Waals surface area contributed by atoms with Crippen molar-refractivity contribution in [1.82, 2.24) is 4.90 Å². The number of ether oxygens (including phenoxy) is 2. The van der Waals surface area contributed by atoms with Gasteiger partial charge in [-0.3, -0.25) is 14.5 Å². The van der Waals surface area contributed by atoms with Crippen LogP contribution in [0.3, 0.4) is 0 Å². The van der Waals surface area contributed by atoms with Crippen LogP contribution < -0.4 is 9.47 Å². The van der Waals surface area contributed by atoms with Crippen molar-refractivity contribution in [3.8, 4) is 23.8 Å². The third-order valence-corrected chi connectivity index (χ3v) is 6.44. The second-order valence-corrected chi connectivity index (χ2v) is 9.26. The van der Waals surface area contributed by atoms with E-state index >= 15 is 0 Å². The number of halogens is 3. The van der Waals surface area contributed by atoms with Crippen LogP contribution in [0.2, 0.25) is 10.0 Å². The zero-order chi connectivity index (χ0) is 22.5. The average Bonchev–Trinajstić information content (AvgIpc) is 2.96. The molecule has 2 aromatic rings. The van der Waals surface area contributed by atoms with E-state index in [4.69, 9.17) is 39.1 Å². The van der Waals surface area contributed by atoms with Crippen molar-refractivity contribution in [1.29, 1.82) is 0 Å². The van der Waals surface area contributed by atoms with Gasteiger partial charge in [0.1, 0.15) is 6.61 Å². The van der Waals surface area contributed by atoms with E-state index in [1.165, 1.54) is 0 Å². The maximum Gasteiger partial charge on any atom is 0.294 e. The molecular weight excluding hydrogens is 572 g/mol. The molecule has 0 unspecified atom stereocenters. The first-order valence-electron chi connectivity index (χ1n) is 9.06. The number of rotatable bonds is 7. The Morgan fingerprint density at radius 2 is 2.00 bits per heavy atom. The molecule has 1 saturated heterocycles. The molecular formula is C22H16Cl2INO4S. The van der Waals surface area contributed by atoms with Gasteiger partial charge in [0.25, 0.3) is 11.1 Å². The zero-order valence-electron chi connectivity index (χ0n) is 16.3. The molecule has 2 amide bonds. The van der Waals surface area contributed by atoms with Crippen molar-refractivity contribution in [3.63, 3.8) is 0 Å². The van der Waals surface area contributed by atoms with Gasteiger partial charge in [0.2, 0.25) is 0 Å². The molecule has 3 rings (SSSR count). The molecule has 31 heavy (non-hydrogen) atoms. The molecule has 0 aromatic heterocycles. The van der Waals surface area contributed by atoms with Crippen molar-refractivity contribution in [2.75, 3.05) is 13.2 Å². The summed E-state index contributed by atoms with van der Waals surface area (Å²) >= 11 is 15.2. The van der Waals surface area contributed by atoms with Gasteiger partial charge in [-0.05, 0) is 77.2 Å². The molecule has 0 radical (unpaired) electrons. The standard InChI is InChI=1S/C22H16Cl2INO4S/c1-3-7-26-21(27)19(31-22(26)28)10-13-8-17(25)20(18(9-13)29-4-2)30-12-14-5-6-15(23)11-16(14)24/h1,5-6,8-11H,4,7,12H2,2H3/b19-10+. The van der Waals surface area contributed by atoms with Crippen LogP contribution in [0.5, 0.6) is 11.5 Å². The van der Waals surface area contributed by atoms with Gasteiger partial charge in [0.05, 0.1) is 21.6 Å². The first-order chi connectivity index (χ1) is 14.8. The van der Waals surface area contributed by atoms with Crippen LogP contribution in [-0.4, -0.2) is 29.2 Å². The monoisotopic (exact) mass is 587 g/mol. The summed E-state index contributed by atoms with van der Waals surface area (Å²) in [6, 6.07) is 8.82. The van der Waals surface area contributed by atoms with Crippen LogP contribution in [0.1, 0.15) is 18.1 Å². The van der Waals surface area contributed by atoms with E-state index in [0.717, 1.165) is 25.8 Å². The Balaban J connectivity index is 1.88. The van der Waals surface area contributed by atoms with Gasteiger partial charge in [-0.2, -0.15) is 0 Å². The lowest BCUT2D eigenvalue weighted by atomic mass is 10.1. The Labute approximate surface area is 208 Å². The lowest BCUT2D eigenvalue weighted by molar-refractivity contribution is -0.122. The first-order valence-corrected chi connectivity index (χ1v) is 11.7. The smallest absolute Gasteiger partial charge is 0.294 e. The van der Waals surface area contributed by atoms with Gasteiger partial charge >= 0.3 is 0 Å². The highest BCUT2D eigenvalue weighted by molar-refractivity contribution is 14.1. The van der Waals surface area contributed by atoms with Crippen molar-refractivity contribution in [2.45, 2.75) is 13.5 Å². The molecule has 9 heteroatoms. The summed E-state index contributed by atoms with van der Waals surface area (Å²) in [5.74, 6) is 3.00. The molecule has 0 saturated carbocycles. The SMILES string of the molecule is C#CCN1C(=O)S/C(=C/c2cc(I)c(OCc3ccc(Cl)cc3Cl)c(OCC)c2)C1=O. The Bertz CT molecular complexity index is 1110. The molecule has 1 aliphatic heterocycles. The number of nitrogens with zero attached hydrogens (tertiary/aromatic N) is 1. The van der Waals surface area contributed by atoms with Crippen molar-refractivity contribution >= 4 is 74.8 Å². The predicted octanol–water partition coefficient (Wildman–Crippen LogP) is 6.25. The van der Waals surface area contributed by atoms with Crippen LogP contribution in [0.25, 0.3) is 6.08 Å². The number of carbonyl (C=O) groups excluding carboxylic acids is 2. The number of benzene rings is 2. The van der Waals surface area contributed by atoms with Gasteiger partial charge in [0.15, 0.2) is 11.5 Å². The molecule has 0 aliphatic carbocycles. The molecule has 0 atom stereocenters. The largest absolute Gasteiger partial charge is 0.490 e. The van der Waals surface area contributed by atoms with Crippen molar-refractivity contribution in [2.24, 2.45) is 0 Å². The summed E-state index contributed by atoms with van der Waals surface area (Å²) in [5.41, 5.74) is 1.49. The normalized spacial score (nSPS) is 14.8. The molecule has 1 fully saturated rings. The molecule has 1 heterocycles. The van der Waals surface area contributed by atoms with E-state index in [9.17, 15) is 9.59 Å². The number of thioether (sulfide) groups is 1. The van der Waals surface area contributed by atoms with E-state index in [2.05, 4.69) is 28.5 Å². The molecule has 2 aromatic carbocycles. The summed E-state index contributed by atoms with van der Waals surface area (Å²) < 4.78 is 12.5. The summed E-state index contributed by atoms with van der Waals surface area (Å²) in [7, 11) is 0. The minimum atomic E-state index is -0.404. The summed E-state index contributed by atoms with van der Waals surface area (Å²) in [5, 5.41) is 0.683. The minimum Gasteiger partial charge on any atom is -0.490 e. The van der Waals surface area contributed by atoms with Gasteiger partial charge in [-0.1, -0.05) is 35.2 Å². The molecule has 5 nitrogen and oxygen atoms in total. The maximum absolute atomic E-state index is 12.4. The van der Waals surface area contributed by atoms with Crippen molar-refractivity contribution in [3.05, 3.63) is 60.0 Å². The van der Waals surface area contributed by atoms with Crippen LogP contribution in [0.4, 0.5) is 4.79 Å².